The van der Waals surface area contributed by atoms with Gasteiger partial charge < -0.3 is 5.32 Å². The summed E-state index contributed by atoms with van der Waals surface area (Å²) in [6.45, 7) is 3.22. The first kappa shape index (κ1) is 19.8. The number of hydrogen-bond acceptors (Lipinski definition) is 8. The van der Waals surface area contributed by atoms with Crippen LogP contribution in [-0.2, 0) is 0 Å². The molecule has 0 saturated heterocycles. The van der Waals surface area contributed by atoms with E-state index < -0.39 is 16.6 Å². The van der Waals surface area contributed by atoms with Crippen molar-refractivity contribution in [2.45, 2.75) is 13.8 Å². The summed E-state index contributed by atoms with van der Waals surface area (Å²) >= 11 is 0. The number of hydrogen-bond donors (Lipinski definition) is 1. The van der Waals surface area contributed by atoms with Crippen molar-refractivity contribution in [1.82, 2.24) is 35.2 Å². The van der Waals surface area contributed by atoms with E-state index >= 15 is 0 Å². The van der Waals surface area contributed by atoms with E-state index in [9.17, 15) is 19.3 Å². The summed E-state index contributed by atoms with van der Waals surface area (Å²) < 4.78 is 16.7. The molecule has 0 spiro atoms. The van der Waals surface area contributed by atoms with Gasteiger partial charge in [-0.3, -0.25) is 14.9 Å². The molecule has 0 bridgehead atoms. The van der Waals surface area contributed by atoms with Crippen molar-refractivity contribution >= 4 is 17.3 Å². The third-order valence-electron chi connectivity index (χ3n) is 4.45. The first-order chi connectivity index (χ1) is 14.8. The van der Waals surface area contributed by atoms with Crippen LogP contribution in [0.25, 0.3) is 11.4 Å². The highest BCUT2D eigenvalue weighted by atomic mass is 19.1. The average Bonchev–Trinajstić information content (AvgIpc) is 3.35. The van der Waals surface area contributed by atoms with Crippen molar-refractivity contribution in [2.75, 3.05) is 5.32 Å². The fourth-order valence-corrected chi connectivity index (χ4v) is 2.92. The van der Waals surface area contributed by atoms with Gasteiger partial charge in [0, 0.05) is 17.8 Å². The molecule has 0 atom stereocenters. The molecular weight excluding hydrogens is 409 g/mol. The third-order valence-corrected chi connectivity index (χ3v) is 4.45. The Morgan fingerprint density at radius 3 is 2.61 bits per heavy atom. The molecule has 4 aromatic rings. The lowest BCUT2D eigenvalue weighted by Gasteiger charge is -2.08. The lowest BCUT2D eigenvalue weighted by molar-refractivity contribution is -0.384. The molecule has 2 aromatic heterocycles. The summed E-state index contributed by atoms with van der Waals surface area (Å²) in [6, 6.07) is 9.74. The number of tetrazole rings is 1. The van der Waals surface area contributed by atoms with Crippen LogP contribution in [0.15, 0.2) is 42.5 Å². The van der Waals surface area contributed by atoms with Crippen molar-refractivity contribution in [1.29, 1.82) is 0 Å². The normalized spacial score (nSPS) is 10.8. The van der Waals surface area contributed by atoms with Gasteiger partial charge in [-0.1, -0.05) is 11.3 Å². The first-order valence-corrected chi connectivity index (χ1v) is 8.88. The van der Waals surface area contributed by atoms with Gasteiger partial charge in [0.2, 0.25) is 0 Å². The standard InChI is InChI=1S/C18H14FN9O3/c1-10-17(22-24-26(10)13-4-3-5-14(9-13)28(30)31)18(29)20-12-6-7-15(19)16(8-12)27-11(2)21-23-25-27/h3-9H,1-2H3,(H,20,29). The topological polar surface area (TPSA) is 147 Å². The molecular formula is C18H14FN9O3. The van der Waals surface area contributed by atoms with Crippen LogP contribution in [0, 0.1) is 29.8 Å². The van der Waals surface area contributed by atoms with E-state index in [2.05, 4.69) is 31.2 Å². The molecule has 0 aliphatic carbocycles. The second-order valence-corrected chi connectivity index (χ2v) is 6.47. The molecule has 0 saturated carbocycles. The Balaban J connectivity index is 1.61. The predicted molar refractivity (Wildman–Crippen MR) is 105 cm³/mol. The predicted octanol–water partition coefficient (Wildman–Crippen LogP) is 2.16. The quantitative estimate of drug-likeness (QED) is 0.379. The number of aryl methyl sites for hydroxylation is 1. The van der Waals surface area contributed by atoms with Gasteiger partial charge in [-0.2, -0.15) is 4.68 Å². The minimum atomic E-state index is -0.583. The summed E-state index contributed by atoms with van der Waals surface area (Å²) in [4.78, 5) is 23.2. The van der Waals surface area contributed by atoms with Gasteiger partial charge in [0.25, 0.3) is 11.6 Å². The van der Waals surface area contributed by atoms with Crippen LogP contribution in [0.3, 0.4) is 0 Å². The molecule has 31 heavy (non-hydrogen) atoms. The maximum Gasteiger partial charge on any atom is 0.278 e. The zero-order valence-electron chi connectivity index (χ0n) is 16.2. The molecule has 156 valence electrons. The Morgan fingerprint density at radius 2 is 1.90 bits per heavy atom. The summed E-state index contributed by atoms with van der Waals surface area (Å²) in [5.41, 5.74) is 1.01. The Morgan fingerprint density at radius 1 is 1.10 bits per heavy atom. The maximum absolute atomic E-state index is 14.2. The van der Waals surface area contributed by atoms with Crippen molar-refractivity contribution < 1.29 is 14.1 Å². The van der Waals surface area contributed by atoms with Crippen LogP contribution in [0.1, 0.15) is 22.0 Å². The van der Waals surface area contributed by atoms with Crippen LogP contribution in [0.2, 0.25) is 0 Å². The number of anilines is 1. The number of nitrogens with zero attached hydrogens (tertiary/aromatic N) is 8. The largest absolute Gasteiger partial charge is 0.320 e. The molecule has 0 aliphatic heterocycles. The van der Waals surface area contributed by atoms with Gasteiger partial charge in [-0.05, 0) is 48.5 Å². The van der Waals surface area contributed by atoms with E-state index in [-0.39, 0.29) is 17.1 Å². The monoisotopic (exact) mass is 423 g/mol. The highest BCUT2D eigenvalue weighted by Crippen LogP contribution is 2.21. The van der Waals surface area contributed by atoms with E-state index in [1.54, 1.807) is 19.9 Å². The summed E-state index contributed by atoms with van der Waals surface area (Å²) in [5.74, 6) is -0.778. The number of carbonyl (C=O) groups excluding carboxylic acids is 1. The molecule has 1 amide bonds. The zero-order valence-corrected chi connectivity index (χ0v) is 16.2. The van der Waals surface area contributed by atoms with Gasteiger partial charge in [0.15, 0.2) is 11.5 Å². The number of halogens is 1. The SMILES string of the molecule is Cc1nnnn1-c1cc(NC(=O)c2nnn(-c3cccc([N+](=O)[O-])c3)c2C)ccc1F. The van der Waals surface area contributed by atoms with Crippen LogP contribution in [-0.4, -0.2) is 46.0 Å². The number of nitrogens with one attached hydrogen (secondary N) is 1. The van der Waals surface area contributed by atoms with E-state index in [0.717, 1.165) is 0 Å². The number of non-ortho nitro benzene ring substituents is 1. The third kappa shape index (κ3) is 3.71. The summed E-state index contributed by atoms with van der Waals surface area (Å²) in [6.07, 6.45) is 0. The number of benzene rings is 2. The summed E-state index contributed by atoms with van der Waals surface area (Å²) in [7, 11) is 0. The number of nitro benzene ring substituents is 1. The van der Waals surface area contributed by atoms with E-state index in [0.29, 0.717) is 22.9 Å². The minimum Gasteiger partial charge on any atom is -0.320 e. The molecule has 0 fully saturated rings. The van der Waals surface area contributed by atoms with E-state index in [1.165, 1.54) is 45.8 Å². The molecule has 12 nitrogen and oxygen atoms in total. The molecule has 13 heteroatoms. The Bertz CT molecular complexity index is 1310. The fourth-order valence-electron chi connectivity index (χ4n) is 2.92. The second kappa shape index (κ2) is 7.70. The number of amides is 1. The highest BCUT2D eigenvalue weighted by Gasteiger charge is 2.19. The molecule has 0 radical (unpaired) electrons. The summed E-state index contributed by atoms with van der Waals surface area (Å²) in [5, 5.41) is 32.4. The van der Waals surface area contributed by atoms with Crippen molar-refractivity contribution in [2.24, 2.45) is 0 Å². The van der Waals surface area contributed by atoms with Crippen LogP contribution < -0.4 is 5.32 Å². The first-order valence-electron chi connectivity index (χ1n) is 8.88. The van der Waals surface area contributed by atoms with Gasteiger partial charge in [-0.25, -0.2) is 9.07 Å². The number of carbonyl (C=O) groups is 1. The second-order valence-electron chi connectivity index (χ2n) is 6.47. The Labute approximate surface area is 173 Å². The lowest BCUT2D eigenvalue weighted by atomic mass is 10.2. The van der Waals surface area contributed by atoms with Gasteiger partial charge in [-0.15, -0.1) is 10.2 Å². The lowest BCUT2D eigenvalue weighted by Crippen LogP contribution is -2.15. The van der Waals surface area contributed by atoms with Crippen LogP contribution in [0.5, 0.6) is 0 Å². The van der Waals surface area contributed by atoms with Gasteiger partial charge >= 0.3 is 0 Å². The van der Waals surface area contributed by atoms with Crippen molar-refractivity contribution in [3.05, 3.63) is 75.6 Å². The molecule has 0 aliphatic rings. The maximum atomic E-state index is 14.2. The van der Waals surface area contributed by atoms with E-state index in [1.807, 2.05) is 0 Å². The number of nitro groups is 1. The molecule has 2 heterocycles. The Kier molecular flexibility index (Phi) is 4.91. The highest BCUT2D eigenvalue weighted by molar-refractivity contribution is 6.03. The molecule has 4 rings (SSSR count). The van der Waals surface area contributed by atoms with Crippen molar-refractivity contribution in [3.63, 3.8) is 0 Å². The van der Waals surface area contributed by atoms with Crippen LogP contribution in [0.4, 0.5) is 15.8 Å². The van der Waals surface area contributed by atoms with Crippen LogP contribution >= 0.6 is 0 Å². The smallest absolute Gasteiger partial charge is 0.278 e. The average molecular weight is 423 g/mol. The fraction of sp³-hybridized carbons (Fsp3) is 0.111. The number of aromatic nitrogens is 7. The number of rotatable bonds is 5. The van der Waals surface area contributed by atoms with Gasteiger partial charge in [0.05, 0.1) is 16.3 Å². The van der Waals surface area contributed by atoms with Crippen molar-refractivity contribution in [3.8, 4) is 11.4 Å². The molecule has 1 N–H and O–H groups in total. The van der Waals surface area contributed by atoms with Gasteiger partial charge in [0.1, 0.15) is 11.5 Å². The zero-order chi connectivity index (χ0) is 22.1. The molecule has 2 aromatic carbocycles. The molecule has 0 unspecified atom stereocenters. The minimum absolute atomic E-state index is 0.0102. The van der Waals surface area contributed by atoms with E-state index in [4.69, 9.17) is 0 Å². The Hall–Kier alpha value is -4.55.